The van der Waals surface area contributed by atoms with Crippen LogP contribution < -0.4 is 0 Å². The van der Waals surface area contributed by atoms with E-state index in [-0.39, 0.29) is 11.9 Å². The molecule has 0 N–H and O–H groups in total. The highest BCUT2D eigenvalue weighted by Crippen LogP contribution is 2.33. The van der Waals surface area contributed by atoms with E-state index in [0.29, 0.717) is 10.4 Å². The van der Waals surface area contributed by atoms with Crippen LogP contribution in [0.3, 0.4) is 0 Å². The van der Waals surface area contributed by atoms with Crippen LogP contribution in [0.15, 0.2) is 33.6 Å². The number of nitrogens with zero attached hydrogens (tertiary/aromatic N) is 3. The van der Waals surface area contributed by atoms with Crippen molar-refractivity contribution < 1.29 is 9.21 Å². The molecule has 2 aromatic rings. The third kappa shape index (κ3) is 2.32. The van der Waals surface area contributed by atoms with Gasteiger partial charge in [-0.2, -0.15) is 5.10 Å². The van der Waals surface area contributed by atoms with Crippen molar-refractivity contribution in [3.05, 3.63) is 40.5 Å². The molecule has 19 heavy (non-hydrogen) atoms. The van der Waals surface area contributed by atoms with Crippen LogP contribution in [0, 0.1) is 0 Å². The van der Waals surface area contributed by atoms with E-state index in [9.17, 15) is 4.79 Å². The van der Waals surface area contributed by atoms with Crippen LogP contribution in [0.1, 0.15) is 35.0 Å². The van der Waals surface area contributed by atoms with Gasteiger partial charge in [-0.3, -0.25) is 9.48 Å². The average Bonchev–Trinajstić information content (AvgIpc) is 3.07. The lowest BCUT2D eigenvalue weighted by Gasteiger charge is -2.22. The number of hydrogen-bond acceptors (Lipinski definition) is 3. The van der Waals surface area contributed by atoms with Gasteiger partial charge in [-0.05, 0) is 40.9 Å². The zero-order valence-corrected chi connectivity index (χ0v) is 12.1. The number of hydrogen-bond donors (Lipinski definition) is 0. The van der Waals surface area contributed by atoms with Crippen LogP contribution >= 0.6 is 15.9 Å². The fourth-order valence-corrected chi connectivity index (χ4v) is 2.85. The molecule has 1 amide bonds. The summed E-state index contributed by atoms with van der Waals surface area (Å²) in [6.45, 7) is 0.761. The Morgan fingerprint density at radius 3 is 3.00 bits per heavy atom. The minimum absolute atomic E-state index is 0.0583. The summed E-state index contributed by atoms with van der Waals surface area (Å²) in [7, 11) is 1.88. The summed E-state index contributed by atoms with van der Waals surface area (Å²) in [5.41, 5.74) is 1.08. The van der Waals surface area contributed by atoms with Crippen molar-refractivity contribution in [1.82, 2.24) is 14.7 Å². The van der Waals surface area contributed by atoms with Gasteiger partial charge in [0.25, 0.3) is 5.91 Å². The van der Waals surface area contributed by atoms with E-state index in [1.165, 1.54) is 0 Å². The van der Waals surface area contributed by atoms with E-state index in [2.05, 4.69) is 21.0 Å². The van der Waals surface area contributed by atoms with Gasteiger partial charge < -0.3 is 9.32 Å². The molecule has 0 aliphatic carbocycles. The van der Waals surface area contributed by atoms with Crippen molar-refractivity contribution >= 4 is 21.8 Å². The first-order valence-corrected chi connectivity index (χ1v) is 6.99. The van der Waals surface area contributed by atoms with Gasteiger partial charge in [-0.15, -0.1) is 0 Å². The van der Waals surface area contributed by atoms with Gasteiger partial charge in [-0.1, -0.05) is 0 Å². The molecule has 100 valence electrons. The minimum atomic E-state index is -0.0583. The van der Waals surface area contributed by atoms with E-state index in [1.54, 1.807) is 16.8 Å². The molecular weight excluding hydrogens is 310 g/mol. The molecule has 1 unspecified atom stereocenters. The Balaban J connectivity index is 1.85. The Hall–Kier alpha value is -1.56. The molecule has 1 aliphatic heterocycles. The fourth-order valence-electron chi connectivity index (χ4n) is 2.54. The van der Waals surface area contributed by atoms with Crippen LogP contribution in [0.4, 0.5) is 0 Å². The van der Waals surface area contributed by atoms with Crippen molar-refractivity contribution in [2.45, 2.75) is 18.9 Å². The number of amides is 1. The maximum absolute atomic E-state index is 12.4. The summed E-state index contributed by atoms with van der Waals surface area (Å²) < 4.78 is 7.69. The maximum atomic E-state index is 12.4. The van der Waals surface area contributed by atoms with Crippen molar-refractivity contribution in [2.24, 2.45) is 7.05 Å². The molecule has 1 aliphatic rings. The largest absolute Gasteiger partial charge is 0.444 e. The molecule has 5 nitrogen and oxygen atoms in total. The van der Waals surface area contributed by atoms with E-state index in [0.717, 1.165) is 24.9 Å². The number of aromatic nitrogens is 2. The second kappa shape index (κ2) is 4.85. The Morgan fingerprint density at radius 1 is 1.53 bits per heavy atom. The molecule has 1 saturated heterocycles. The van der Waals surface area contributed by atoms with Crippen LogP contribution in [0.25, 0.3) is 0 Å². The molecule has 1 fully saturated rings. The topological polar surface area (TPSA) is 51.3 Å². The summed E-state index contributed by atoms with van der Waals surface area (Å²) in [5.74, 6) is 0.319. The molecular formula is C13H14BrN3O2. The van der Waals surface area contributed by atoms with Crippen LogP contribution in [0.5, 0.6) is 0 Å². The van der Waals surface area contributed by atoms with Gasteiger partial charge in [0, 0.05) is 25.4 Å². The number of furan rings is 1. The molecule has 0 spiro atoms. The summed E-state index contributed by atoms with van der Waals surface area (Å²) in [6, 6.07) is 3.54. The predicted octanol–water partition coefficient (Wildman–Crippen LogP) is 2.75. The third-order valence-electron chi connectivity index (χ3n) is 3.41. The highest BCUT2D eigenvalue weighted by molar-refractivity contribution is 9.10. The standard InChI is InChI=1S/C13H14BrN3O2/c1-16-8-9(7-15-16)10-3-2-6-17(10)13(18)11-4-5-12(14)19-11/h4-5,7-8,10H,2-3,6H2,1H3. The van der Waals surface area contributed by atoms with Gasteiger partial charge in [0.15, 0.2) is 10.4 Å². The van der Waals surface area contributed by atoms with Crippen molar-refractivity contribution in [1.29, 1.82) is 0 Å². The van der Waals surface area contributed by atoms with E-state index < -0.39 is 0 Å². The molecule has 0 saturated carbocycles. The zero-order valence-electron chi connectivity index (χ0n) is 10.5. The lowest BCUT2D eigenvalue weighted by atomic mass is 10.1. The molecule has 0 bridgehead atoms. The lowest BCUT2D eigenvalue weighted by Crippen LogP contribution is -2.30. The highest BCUT2D eigenvalue weighted by atomic mass is 79.9. The number of carbonyl (C=O) groups excluding carboxylic acids is 1. The number of halogens is 1. The van der Waals surface area contributed by atoms with Crippen LogP contribution in [0.2, 0.25) is 0 Å². The van der Waals surface area contributed by atoms with E-state index in [4.69, 9.17) is 4.42 Å². The predicted molar refractivity (Wildman–Crippen MR) is 72.6 cm³/mol. The van der Waals surface area contributed by atoms with Crippen molar-refractivity contribution in [3.63, 3.8) is 0 Å². The first-order valence-electron chi connectivity index (χ1n) is 6.20. The number of aryl methyl sites for hydroxylation is 1. The number of likely N-dealkylation sites (tertiary alicyclic amines) is 1. The van der Waals surface area contributed by atoms with Crippen molar-refractivity contribution in [3.8, 4) is 0 Å². The van der Waals surface area contributed by atoms with Gasteiger partial charge in [0.2, 0.25) is 0 Å². The molecule has 0 aromatic carbocycles. The fraction of sp³-hybridized carbons (Fsp3) is 0.385. The highest BCUT2D eigenvalue weighted by Gasteiger charge is 2.32. The minimum Gasteiger partial charge on any atom is -0.444 e. The molecule has 6 heteroatoms. The van der Waals surface area contributed by atoms with E-state index in [1.807, 2.05) is 24.3 Å². The Morgan fingerprint density at radius 2 is 2.37 bits per heavy atom. The molecule has 0 radical (unpaired) electrons. The first kappa shape index (κ1) is 12.5. The lowest BCUT2D eigenvalue weighted by molar-refractivity contribution is 0.0702. The third-order valence-corrected chi connectivity index (χ3v) is 3.83. The van der Waals surface area contributed by atoms with Gasteiger partial charge in [0.05, 0.1) is 12.2 Å². The van der Waals surface area contributed by atoms with Crippen LogP contribution in [-0.2, 0) is 7.05 Å². The second-order valence-corrected chi connectivity index (χ2v) is 5.49. The molecule has 2 aromatic heterocycles. The number of carbonyl (C=O) groups is 1. The molecule has 3 rings (SSSR count). The maximum Gasteiger partial charge on any atom is 0.290 e. The number of rotatable bonds is 2. The van der Waals surface area contributed by atoms with Crippen molar-refractivity contribution in [2.75, 3.05) is 6.54 Å². The molecule has 3 heterocycles. The summed E-state index contributed by atoms with van der Waals surface area (Å²) >= 11 is 3.22. The summed E-state index contributed by atoms with van der Waals surface area (Å²) in [5, 5.41) is 4.18. The first-order chi connectivity index (χ1) is 9.15. The van der Waals surface area contributed by atoms with Gasteiger partial charge >= 0.3 is 0 Å². The summed E-state index contributed by atoms with van der Waals surface area (Å²) in [6.07, 6.45) is 5.77. The second-order valence-electron chi connectivity index (χ2n) is 4.71. The normalized spacial score (nSPS) is 19.1. The van der Waals surface area contributed by atoms with Gasteiger partial charge in [0.1, 0.15) is 0 Å². The van der Waals surface area contributed by atoms with Crippen LogP contribution in [-0.4, -0.2) is 27.1 Å². The Bertz CT molecular complexity index is 605. The SMILES string of the molecule is Cn1cc(C2CCCN2C(=O)c2ccc(Br)o2)cn1. The summed E-state index contributed by atoms with van der Waals surface area (Å²) in [4.78, 5) is 14.3. The van der Waals surface area contributed by atoms with E-state index >= 15 is 0 Å². The average molecular weight is 324 g/mol. The zero-order chi connectivity index (χ0) is 13.4. The van der Waals surface area contributed by atoms with Gasteiger partial charge in [-0.25, -0.2) is 0 Å². The molecule has 1 atom stereocenters. The Labute approximate surface area is 119 Å². The smallest absolute Gasteiger partial charge is 0.290 e. The quantitative estimate of drug-likeness (QED) is 0.853. The Kier molecular flexibility index (Phi) is 3.18. The monoisotopic (exact) mass is 323 g/mol.